The highest BCUT2D eigenvalue weighted by molar-refractivity contribution is 5.70. The van der Waals surface area contributed by atoms with E-state index in [0.717, 1.165) is 0 Å². The number of methoxy groups -OCH3 is 1. The zero-order chi connectivity index (χ0) is 11.9. The molecule has 1 fully saturated rings. The van der Waals surface area contributed by atoms with Crippen molar-refractivity contribution < 1.29 is 24.2 Å². The number of aliphatic hydroxyl groups excluding tert-OH is 1. The molecule has 88 valence electrons. The van der Waals surface area contributed by atoms with Gasteiger partial charge in [0, 0.05) is 20.5 Å². The first-order valence-corrected chi connectivity index (χ1v) is 4.55. The Kier molecular flexibility index (Phi) is 6.07. The molecule has 3 N–H and O–H groups in total. The summed E-state index contributed by atoms with van der Waals surface area (Å²) in [5.41, 5.74) is 4.47. The topological polar surface area (TPSA) is 98.9 Å². The van der Waals surface area contributed by atoms with Crippen LogP contribution in [0.5, 0.6) is 0 Å². The van der Waals surface area contributed by atoms with Crippen molar-refractivity contribution in [1.82, 2.24) is 0 Å². The second-order valence-corrected chi connectivity index (χ2v) is 3.24. The largest absolute Gasteiger partial charge is 0.393 e. The molecule has 1 amide bonds. The van der Waals surface area contributed by atoms with Crippen molar-refractivity contribution in [2.75, 3.05) is 13.7 Å². The maximum absolute atomic E-state index is 10.5. The maximum atomic E-state index is 10.5. The SMILES string of the molecule is CC(N)=O.COC1(C=O)CC(O)CCO1. The van der Waals surface area contributed by atoms with Crippen LogP contribution in [0.3, 0.4) is 0 Å². The zero-order valence-electron chi connectivity index (χ0n) is 8.93. The van der Waals surface area contributed by atoms with Crippen molar-refractivity contribution in [2.45, 2.75) is 31.7 Å². The van der Waals surface area contributed by atoms with Crippen LogP contribution in [0.4, 0.5) is 0 Å². The summed E-state index contributed by atoms with van der Waals surface area (Å²) >= 11 is 0. The fourth-order valence-corrected chi connectivity index (χ4v) is 1.13. The van der Waals surface area contributed by atoms with Crippen LogP contribution in [-0.2, 0) is 19.1 Å². The summed E-state index contributed by atoms with van der Waals surface area (Å²) in [4.78, 5) is 19.7. The third-order valence-corrected chi connectivity index (χ3v) is 1.84. The number of carbonyl (C=O) groups is 2. The van der Waals surface area contributed by atoms with Gasteiger partial charge in [0.1, 0.15) is 0 Å². The number of rotatable bonds is 2. The van der Waals surface area contributed by atoms with E-state index in [1.807, 2.05) is 0 Å². The van der Waals surface area contributed by atoms with Crippen molar-refractivity contribution >= 4 is 12.2 Å². The lowest BCUT2D eigenvalue weighted by Gasteiger charge is -2.33. The lowest BCUT2D eigenvalue weighted by atomic mass is 10.0. The Balaban J connectivity index is 0.000000423. The van der Waals surface area contributed by atoms with Gasteiger partial charge in [-0.1, -0.05) is 0 Å². The number of amides is 1. The number of hydrogen-bond donors (Lipinski definition) is 2. The van der Waals surface area contributed by atoms with Crippen molar-refractivity contribution in [2.24, 2.45) is 5.73 Å². The van der Waals surface area contributed by atoms with E-state index >= 15 is 0 Å². The average Bonchev–Trinajstić information content (AvgIpc) is 2.17. The van der Waals surface area contributed by atoms with Gasteiger partial charge in [0.2, 0.25) is 11.7 Å². The third-order valence-electron chi connectivity index (χ3n) is 1.84. The summed E-state index contributed by atoms with van der Waals surface area (Å²) in [7, 11) is 1.40. The molecule has 0 radical (unpaired) electrons. The normalized spacial score (nSPS) is 29.9. The fourth-order valence-electron chi connectivity index (χ4n) is 1.13. The fraction of sp³-hybridized carbons (Fsp3) is 0.778. The van der Waals surface area contributed by atoms with Crippen LogP contribution in [0.15, 0.2) is 0 Å². The average molecular weight is 219 g/mol. The lowest BCUT2D eigenvalue weighted by molar-refractivity contribution is -0.237. The molecule has 1 aliphatic heterocycles. The zero-order valence-corrected chi connectivity index (χ0v) is 8.93. The molecular weight excluding hydrogens is 202 g/mol. The Hall–Kier alpha value is -0.980. The molecular formula is C9H17NO5. The van der Waals surface area contributed by atoms with Crippen LogP contribution >= 0.6 is 0 Å². The van der Waals surface area contributed by atoms with E-state index in [-0.39, 0.29) is 12.3 Å². The van der Waals surface area contributed by atoms with E-state index in [1.54, 1.807) is 0 Å². The summed E-state index contributed by atoms with van der Waals surface area (Å²) in [6.45, 7) is 1.67. The molecule has 1 aliphatic rings. The number of carbonyl (C=O) groups excluding carboxylic acids is 2. The molecule has 15 heavy (non-hydrogen) atoms. The van der Waals surface area contributed by atoms with Gasteiger partial charge in [-0.05, 0) is 6.42 Å². The Morgan fingerprint density at radius 2 is 2.27 bits per heavy atom. The van der Waals surface area contributed by atoms with E-state index in [9.17, 15) is 14.7 Å². The van der Waals surface area contributed by atoms with Gasteiger partial charge < -0.3 is 20.3 Å². The second-order valence-electron chi connectivity index (χ2n) is 3.24. The molecule has 1 heterocycles. The molecule has 6 heteroatoms. The molecule has 0 aromatic carbocycles. The van der Waals surface area contributed by atoms with Gasteiger partial charge in [0.05, 0.1) is 12.7 Å². The van der Waals surface area contributed by atoms with Gasteiger partial charge in [-0.3, -0.25) is 9.59 Å². The number of aliphatic hydroxyl groups is 1. The molecule has 1 rings (SSSR count). The predicted molar refractivity (Wildman–Crippen MR) is 51.9 cm³/mol. The number of ether oxygens (including phenoxy) is 2. The highest BCUT2D eigenvalue weighted by atomic mass is 16.7. The molecule has 0 aromatic heterocycles. The molecule has 0 bridgehead atoms. The highest BCUT2D eigenvalue weighted by Gasteiger charge is 2.36. The first kappa shape index (κ1) is 14.0. The quantitative estimate of drug-likeness (QED) is 0.592. The van der Waals surface area contributed by atoms with Crippen LogP contribution in [0.25, 0.3) is 0 Å². The second kappa shape index (κ2) is 6.49. The summed E-state index contributed by atoms with van der Waals surface area (Å²) < 4.78 is 9.93. The van der Waals surface area contributed by atoms with Crippen LogP contribution in [0.2, 0.25) is 0 Å². The first-order chi connectivity index (χ1) is 6.95. The van der Waals surface area contributed by atoms with E-state index < -0.39 is 11.9 Å². The molecule has 0 saturated carbocycles. The van der Waals surface area contributed by atoms with E-state index in [1.165, 1.54) is 14.0 Å². The Bertz CT molecular complexity index is 217. The van der Waals surface area contributed by atoms with Gasteiger partial charge >= 0.3 is 0 Å². The van der Waals surface area contributed by atoms with Gasteiger partial charge in [-0.2, -0.15) is 0 Å². The number of aldehydes is 1. The van der Waals surface area contributed by atoms with Gasteiger partial charge in [-0.25, -0.2) is 0 Å². The monoisotopic (exact) mass is 219 g/mol. The minimum atomic E-state index is -1.20. The summed E-state index contributed by atoms with van der Waals surface area (Å²) in [5.74, 6) is -1.53. The highest BCUT2D eigenvalue weighted by Crippen LogP contribution is 2.23. The van der Waals surface area contributed by atoms with Crippen LogP contribution in [0, 0.1) is 0 Å². The van der Waals surface area contributed by atoms with E-state index in [2.05, 4.69) is 5.73 Å². The molecule has 0 aliphatic carbocycles. The van der Waals surface area contributed by atoms with Crippen molar-refractivity contribution in [1.29, 1.82) is 0 Å². The standard InChI is InChI=1S/C7H12O4.C2H5NO/c1-10-7(5-8)4-6(9)2-3-11-7;1-2(3)4/h5-6,9H,2-4H2,1H3;1H3,(H2,3,4). The Morgan fingerprint density at radius 1 is 1.73 bits per heavy atom. The lowest BCUT2D eigenvalue weighted by Crippen LogP contribution is -2.44. The van der Waals surface area contributed by atoms with Gasteiger partial charge in [0.15, 0.2) is 6.29 Å². The molecule has 1 saturated heterocycles. The minimum Gasteiger partial charge on any atom is -0.393 e. The number of nitrogens with two attached hydrogens (primary N) is 1. The smallest absolute Gasteiger partial charge is 0.228 e. The van der Waals surface area contributed by atoms with Gasteiger partial charge in [-0.15, -0.1) is 0 Å². The number of hydrogen-bond acceptors (Lipinski definition) is 5. The first-order valence-electron chi connectivity index (χ1n) is 4.55. The van der Waals surface area contributed by atoms with Crippen LogP contribution < -0.4 is 5.73 Å². The van der Waals surface area contributed by atoms with Crippen molar-refractivity contribution in [3.63, 3.8) is 0 Å². The summed E-state index contributed by atoms with van der Waals surface area (Å²) in [5, 5.41) is 9.19. The predicted octanol–water partition coefficient (Wildman–Crippen LogP) is -0.809. The van der Waals surface area contributed by atoms with E-state index in [4.69, 9.17) is 9.47 Å². The Morgan fingerprint density at radius 3 is 2.53 bits per heavy atom. The minimum absolute atomic E-state index is 0.229. The number of primary amides is 1. The molecule has 2 atom stereocenters. The van der Waals surface area contributed by atoms with Crippen molar-refractivity contribution in [3.05, 3.63) is 0 Å². The summed E-state index contributed by atoms with van der Waals surface area (Å²) in [6, 6.07) is 0. The maximum Gasteiger partial charge on any atom is 0.228 e. The van der Waals surface area contributed by atoms with Crippen LogP contribution in [0.1, 0.15) is 19.8 Å². The summed E-state index contributed by atoms with van der Waals surface area (Å²) in [6.07, 6.45) is 0.898. The molecule has 0 aromatic rings. The van der Waals surface area contributed by atoms with Gasteiger partial charge in [0.25, 0.3) is 0 Å². The molecule has 6 nitrogen and oxygen atoms in total. The van der Waals surface area contributed by atoms with E-state index in [0.29, 0.717) is 19.3 Å². The van der Waals surface area contributed by atoms with Crippen molar-refractivity contribution in [3.8, 4) is 0 Å². The van der Waals surface area contributed by atoms with Crippen LogP contribution in [-0.4, -0.2) is 42.9 Å². The molecule has 0 spiro atoms. The third kappa shape index (κ3) is 5.46. The molecule has 2 unspecified atom stereocenters. The Labute approximate surface area is 88.3 Å².